The zero-order valence-electron chi connectivity index (χ0n) is 6.89. The predicted octanol–water partition coefficient (Wildman–Crippen LogP) is 1.45. The molecule has 0 aromatic carbocycles. The van der Waals surface area contributed by atoms with E-state index >= 15 is 0 Å². The molecule has 2 aliphatic rings. The van der Waals surface area contributed by atoms with Crippen LogP contribution < -0.4 is 0 Å². The first-order valence-electron chi connectivity index (χ1n) is 3.95. The van der Waals surface area contributed by atoms with Gasteiger partial charge in [-0.1, -0.05) is 6.08 Å². The van der Waals surface area contributed by atoms with Crippen molar-refractivity contribution in [1.29, 1.82) is 0 Å². The maximum atomic E-state index is 11.4. The number of Topliss-reactive ketones (excluding diaryl/α,β-unsaturated/α-hetero) is 1. The highest BCUT2D eigenvalue weighted by molar-refractivity contribution is 5.92. The first kappa shape index (κ1) is 7.04. The van der Waals surface area contributed by atoms with Crippen LogP contribution in [0.1, 0.15) is 26.7 Å². The summed E-state index contributed by atoms with van der Waals surface area (Å²) in [6.45, 7) is 3.84. The van der Waals surface area contributed by atoms with Crippen LogP contribution in [0.2, 0.25) is 0 Å². The van der Waals surface area contributed by atoms with E-state index in [1.807, 2.05) is 19.9 Å². The molecule has 0 N–H and O–H groups in total. The highest BCUT2D eigenvalue weighted by Gasteiger charge is 2.50. The molecule has 2 heteroatoms. The minimum absolute atomic E-state index is 0.208. The Balaban J connectivity index is 2.44. The Labute approximate surface area is 66.2 Å². The van der Waals surface area contributed by atoms with Crippen LogP contribution in [-0.2, 0) is 9.53 Å². The van der Waals surface area contributed by atoms with Crippen molar-refractivity contribution in [3.05, 3.63) is 12.2 Å². The molecule has 0 unspecified atom stereocenters. The zero-order chi connectivity index (χ0) is 8.11. The third kappa shape index (κ3) is 0.857. The van der Waals surface area contributed by atoms with Crippen LogP contribution in [-0.4, -0.2) is 17.0 Å². The van der Waals surface area contributed by atoms with Crippen LogP contribution in [0, 0.1) is 0 Å². The van der Waals surface area contributed by atoms with Crippen LogP contribution >= 0.6 is 0 Å². The summed E-state index contributed by atoms with van der Waals surface area (Å²) in [7, 11) is 0. The summed E-state index contributed by atoms with van der Waals surface area (Å²) in [6.07, 6.45) is 5.36. The van der Waals surface area contributed by atoms with Gasteiger partial charge >= 0.3 is 0 Å². The Bertz CT molecular complexity index is 244. The fourth-order valence-corrected chi connectivity index (χ4v) is 1.89. The molecule has 0 amide bonds. The number of hydrogen-bond donors (Lipinski definition) is 0. The zero-order valence-corrected chi connectivity index (χ0v) is 6.89. The minimum Gasteiger partial charge on any atom is -0.356 e. The topological polar surface area (TPSA) is 26.3 Å². The summed E-state index contributed by atoms with van der Waals surface area (Å²) < 4.78 is 5.65. The van der Waals surface area contributed by atoms with E-state index in [2.05, 4.69) is 6.08 Å². The standard InChI is InChI=1S/C9H12O2/c1-8-4-3-5-9(2,11-8)7(10)6-8/h3,5H,4,6H2,1-2H3/t8-,9+/m1/s1. The summed E-state index contributed by atoms with van der Waals surface area (Å²) in [6, 6.07) is 0. The molecule has 2 aliphatic heterocycles. The molecular weight excluding hydrogens is 140 g/mol. The SMILES string of the molecule is C[C@]12CC=C[C@](C)(O1)C(=O)C2. The van der Waals surface area contributed by atoms with Gasteiger partial charge in [0.05, 0.1) is 5.60 Å². The first-order valence-corrected chi connectivity index (χ1v) is 3.95. The molecule has 0 aliphatic carbocycles. The fraction of sp³-hybridized carbons (Fsp3) is 0.667. The molecule has 11 heavy (non-hydrogen) atoms. The summed E-state index contributed by atoms with van der Waals surface area (Å²) in [5.41, 5.74) is -0.812. The number of carbonyl (C=O) groups is 1. The Morgan fingerprint density at radius 1 is 1.55 bits per heavy atom. The van der Waals surface area contributed by atoms with Gasteiger partial charge in [0.2, 0.25) is 0 Å². The molecule has 2 atom stereocenters. The monoisotopic (exact) mass is 152 g/mol. The Kier molecular flexibility index (Phi) is 1.12. The smallest absolute Gasteiger partial charge is 0.171 e. The molecule has 0 aromatic rings. The molecule has 1 saturated heterocycles. The largest absolute Gasteiger partial charge is 0.356 e. The second-order valence-corrected chi connectivity index (χ2v) is 3.87. The maximum Gasteiger partial charge on any atom is 0.171 e. The molecule has 0 spiro atoms. The lowest BCUT2D eigenvalue weighted by atomic mass is 9.99. The van der Waals surface area contributed by atoms with Crippen LogP contribution in [0.3, 0.4) is 0 Å². The molecule has 2 heterocycles. The molecule has 0 aromatic heterocycles. The van der Waals surface area contributed by atoms with Crippen molar-refractivity contribution in [2.75, 3.05) is 0 Å². The van der Waals surface area contributed by atoms with Gasteiger partial charge in [-0.2, -0.15) is 0 Å². The van der Waals surface area contributed by atoms with Gasteiger partial charge in [-0.05, 0) is 26.3 Å². The lowest BCUT2D eigenvalue weighted by Gasteiger charge is -2.29. The van der Waals surface area contributed by atoms with Crippen molar-refractivity contribution in [3.63, 3.8) is 0 Å². The van der Waals surface area contributed by atoms with Gasteiger partial charge in [-0.3, -0.25) is 4.79 Å². The molecule has 2 rings (SSSR count). The number of carbonyl (C=O) groups excluding carboxylic acids is 1. The molecule has 2 bridgehead atoms. The highest BCUT2D eigenvalue weighted by atomic mass is 16.5. The number of ketones is 1. The summed E-state index contributed by atoms with van der Waals surface area (Å²) in [4.78, 5) is 11.4. The van der Waals surface area contributed by atoms with Crippen LogP contribution in [0.15, 0.2) is 12.2 Å². The van der Waals surface area contributed by atoms with Crippen LogP contribution in [0.5, 0.6) is 0 Å². The van der Waals surface area contributed by atoms with Crippen LogP contribution in [0.4, 0.5) is 0 Å². The third-order valence-electron chi connectivity index (χ3n) is 2.53. The molecular formula is C9H12O2. The van der Waals surface area contributed by atoms with E-state index in [1.165, 1.54) is 0 Å². The molecule has 0 saturated carbocycles. The Morgan fingerprint density at radius 2 is 2.27 bits per heavy atom. The normalized spacial score (nSPS) is 48.4. The number of fused-ring (bicyclic) bond motifs is 2. The third-order valence-corrected chi connectivity index (χ3v) is 2.53. The van der Waals surface area contributed by atoms with E-state index in [9.17, 15) is 4.79 Å². The van der Waals surface area contributed by atoms with Crippen molar-refractivity contribution >= 4 is 5.78 Å². The van der Waals surface area contributed by atoms with Gasteiger partial charge < -0.3 is 4.74 Å². The molecule has 2 nitrogen and oxygen atoms in total. The number of hydrogen-bond acceptors (Lipinski definition) is 2. The Hall–Kier alpha value is -0.630. The van der Waals surface area contributed by atoms with Crippen molar-refractivity contribution in [2.45, 2.75) is 37.9 Å². The van der Waals surface area contributed by atoms with Crippen molar-refractivity contribution < 1.29 is 9.53 Å². The van der Waals surface area contributed by atoms with Crippen LogP contribution in [0.25, 0.3) is 0 Å². The summed E-state index contributed by atoms with van der Waals surface area (Å²) >= 11 is 0. The number of rotatable bonds is 0. The van der Waals surface area contributed by atoms with E-state index in [-0.39, 0.29) is 11.4 Å². The first-order chi connectivity index (χ1) is 5.04. The van der Waals surface area contributed by atoms with Gasteiger partial charge in [0.25, 0.3) is 0 Å². The van der Waals surface area contributed by atoms with E-state index in [0.717, 1.165) is 6.42 Å². The van der Waals surface area contributed by atoms with E-state index < -0.39 is 5.60 Å². The molecule has 0 radical (unpaired) electrons. The van der Waals surface area contributed by atoms with E-state index in [0.29, 0.717) is 6.42 Å². The second-order valence-electron chi connectivity index (χ2n) is 3.87. The number of ether oxygens (including phenoxy) is 1. The van der Waals surface area contributed by atoms with Gasteiger partial charge in [-0.15, -0.1) is 0 Å². The van der Waals surface area contributed by atoms with Gasteiger partial charge in [0.1, 0.15) is 5.60 Å². The average molecular weight is 152 g/mol. The molecule has 1 fully saturated rings. The Morgan fingerprint density at radius 3 is 2.82 bits per heavy atom. The highest BCUT2D eigenvalue weighted by Crippen LogP contribution is 2.41. The van der Waals surface area contributed by atoms with Crippen molar-refractivity contribution in [3.8, 4) is 0 Å². The fourth-order valence-electron chi connectivity index (χ4n) is 1.89. The van der Waals surface area contributed by atoms with E-state index in [4.69, 9.17) is 4.74 Å². The molecule has 60 valence electrons. The maximum absolute atomic E-state index is 11.4. The van der Waals surface area contributed by atoms with Gasteiger partial charge in [0, 0.05) is 6.42 Å². The minimum atomic E-state index is -0.604. The lowest BCUT2D eigenvalue weighted by molar-refractivity contribution is -0.130. The van der Waals surface area contributed by atoms with Crippen molar-refractivity contribution in [2.24, 2.45) is 0 Å². The van der Waals surface area contributed by atoms with Gasteiger partial charge in [-0.25, -0.2) is 0 Å². The van der Waals surface area contributed by atoms with E-state index in [1.54, 1.807) is 0 Å². The average Bonchev–Trinajstić information content (AvgIpc) is 1.99. The predicted molar refractivity (Wildman–Crippen MR) is 41.3 cm³/mol. The summed E-state index contributed by atoms with van der Waals surface area (Å²) in [5.74, 6) is 0.216. The lowest BCUT2D eigenvalue weighted by Crippen LogP contribution is -2.34. The summed E-state index contributed by atoms with van der Waals surface area (Å²) in [5, 5.41) is 0. The second kappa shape index (κ2) is 1.75. The van der Waals surface area contributed by atoms with Crippen molar-refractivity contribution in [1.82, 2.24) is 0 Å². The van der Waals surface area contributed by atoms with Gasteiger partial charge in [0.15, 0.2) is 5.78 Å². The quantitative estimate of drug-likeness (QED) is 0.491.